The Hall–Kier alpha value is -0.520. The van der Waals surface area contributed by atoms with Crippen LogP contribution in [0.1, 0.15) is 6.92 Å². The predicted molar refractivity (Wildman–Crippen MR) is 38.2 cm³/mol. The molecule has 0 aliphatic carbocycles. The highest BCUT2D eigenvalue weighted by molar-refractivity contribution is 5.01. The highest BCUT2D eigenvalue weighted by atomic mass is 16.5. The molecule has 52 valence electrons. The minimum absolute atomic E-state index is 0.0231. The molecule has 0 rings (SSSR count). The zero-order chi connectivity index (χ0) is 7.28. The average Bonchev–Trinajstić information content (AvgIpc) is 1.90. The van der Waals surface area contributed by atoms with Crippen LogP contribution in [0.25, 0.3) is 0 Å². The fraction of sp³-hybridized carbons (Fsp3) is 0.714. The minimum atomic E-state index is 0.0231. The second-order valence-corrected chi connectivity index (χ2v) is 1.87. The van der Waals surface area contributed by atoms with Crippen molar-refractivity contribution in [3.63, 3.8) is 0 Å². The Morgan fingerprint density at radius 2 is 2.22 bits per heavy atom. The van der Waals surface area contributed by atoms with Crippen molar-refractivity contribution in [2.45, 2.75) is 19.1 Å². The van der Waals surface area contributed by atoms with E-state index in [4.69, 9.17) is 11.2 Å². The molecule has 0 fully saturated rings. The monoisotopic (exact) mass is 127 g/mol. The van der Waals surface area contributed by atoms with Crippen LogP contribution in [0.4, 0.5) is 0 Å². The molecule has 0 amide bonds. The molecule has 2 atom stereocenters. The molecule has 0 heterocycles. The average molecular weight is 127 g/mol. The summed E-state index contributed by atoms with van der Waals surface area (Å²) in [6, 6.07) is 0.0231. The van der Waals surface area contributed by atoms with Gasteiger partial charge in [0.25, 0.3) is 0 Å². The van der Waals surface area contributed by atoms with Gasteiger partial charge in [0.15, 0.2) is 0 Å². The summed E-state index contributed by atoms with van der Waals surface area (Å²) in [5.41, 5.74) is 0. The lowest BCUT2D eigenvalue weighted by molar-refractivity contribution is 0.102. The van der Waals surface area contributed by atoms with E-state index >= 15 is 0 Å². The molecule has 0 aliphatic rings. The lowest BCUT2D eigenvalue weighted by atomic mass is 10.2. The maximum Gasteiger partial charge on any atom is 0.0947 e. The normalized spacial score (nSPS) is 16.2. The molecule has 0 saturated heterocycles. The van der Waals surface area contributed by atoms with Gasteiger partial charge < -0.3 is 10.1 Å². The van der Waals surface area contributed by atoms with Gasteiger partial charge in [0.05, 0.1) is 12.1 Å². The maximum atomic E-state index is 5.17. The Labute approximate surface area is 56.6 Å². The van der Waals surface area contributed by atoms with Crippen molar-refractivity contribution in [2.24, 2.45) is 0 Å². The smallest absolute Gasteiger partial charge is 0.0947 e. The predicted octanol–water partition coefficient (Wildman–Crippen LogP) is 0.242. The molecule has 0 aromatic carbocycles. The van der Waals surface area contributed by atoms with Crippen LogP contribution in [0.5, 0.6) is 0 Å². The van der Waals surface area contributed by atoms with Crippen LogP contribution in [0, 0.1) is 12.3 Å². The summed E-state index contributed by atoms with van der Waals surface area (Å²) >= 11 is 0. The molecule has 0 spiro atoms. The Kier molecular flexibility index (Phi) is 4.12. The van der Waals surface area contributed by atoms with E-state index in [9.17, 15) is 0 Å². The number of terminal acetylenes is 1. The Bertz CT molecular complexity index is 106. The van der Waals surface area contributed by atoms with E-state index < -0.39 is 0 Å². The maximum absolute atomic E-state index is 5.17. The highest BCUT2D eigenvalue weighted by Crippen LogP contribution is 1.93. The Balaban J connectivity index is 3.68. The van der Waals surface area contributed by atoms with Gasteiger partial charge in [-0.1, -0.05) is 5.92 Å². The summed E-state index contributed by atoms with van der Waals surface area (Å²) in [5, 5.41) is 2.94. The van der Waals surface area contributed by atoms with Crippen molar-refractivity contribution < 1.29 is 4.74 Å². The summed E-state index contributed by atoms with van der Waals surface area (Å²) in [6.07, 6.45) is 5.25. The van der Waals surface area contributed by atoms with Gasteiger partial charge in [0.1, 0.15) is 0 Å². The second kappa shape index (κ2) is 4.37. The zero-order valence-corrected chi connectivity index (χ0v) is 6.14. The van der Waals surface area contributed by atoms with Gasteiger partial charge in [-0.3, -0.25) is 0 Å². The van der Waals surface area contributed by atoms with Crippen LogP contribution in [-0.4, -0.2) is 26.3 Å². The van der Waals surface area contributed by atoms with Crippen LogP contribution in [0.2, 0.25) is 0 Å². The highest BCUT2D eigenvalue weighted by Gasteiger charge is 2.09. The van der Waals surface area contributed by atoms with E-state index in [1.165, 1.54) is 0 Å². The van der Waals surface area contributed by atoms with Gasteiger partial charge in [-0.2, -0.15) is 0 Å². The number of methoxy groups -OCH3 is 1. The molecule has 1 N–H and O–H groups in total. The molecule has 0 aromatic rings. The fourth-order valence-electron chi connectivity index (χ4n) is 0.590. The molecule has 9 heavy (non-hydrogen) atoms. The summed E-state index contributed by atoms with van der Waals surface area (Å²) in [6.45, 7) is 1.93. The van der Waals surface area contributed by atoms with Crippen LogP contribution in [0.3, 0.4) is 0 Å². The molecule has 0 unspecified atom stereocenters. The van der Waals surface area contributed by atoms with Gasteiger partial charge in [-0.05, 0) is 14.0 Å². The molecular formula is C7H13NO. The Morgan fingerprint density at radius 1 is 1.67 bits per heavy atom. The van der Waals surface area contributed by atoms with Gasteiger partial charge in [-0.15, -0.1) is 6.42 Å². The molecule has 0 bridgehead atoms. The number of ether oxygens (including phenoxy) is 1. The first-order valence-corrected chi connectivity index (χ1v) is 2.92. The van der Waals surface area contributed by atoms with E-state index in [2.05, 4.69) is 11.2 Å². The molecule has 0 aromatic heterocycles. The topological polar surface area (TPSA) is 21.3 Å². The fourth-order valence-corrected chi connectivity index (χ4v) is 0.590. The van der Waals surface area contributed by atoms with Crippen molar-refractivity contribution in [1.29, 1.82) is 0 Å². The van der Waals surface area contributed by atoms with Crippen molar-refractivity contribution in [3.05, 3.63) is 0 Å². The van der Waals surface area contributed by atoms with Crippen LogP contribution < -0.4 is 5.32 Å². The van der Waals surface area contributed by atoms with Crippen molar-refractivity contribution in [3.8, 4) is 12.3 Å². The standard InChI is InChI=1S/C7H13NO/c1-5-7(8-3)6(2)9-4/h1,6-8H,2-4H3/t6-,7-/m0/s1. The van der Waals surface area contributed by atoms with E-state index in [1.807, 2.05) is 14.0 Å². The minimum Gasteiger partial charge on any atom is -0.379 e. The third-order valence-corrected chi connectivity index (χ3v) is 1.33. The molecule has 0 saturated carbocycles. The number of likely N-dealkylation sites (N-methyl/N-ethyl adjacent to an activating group) is 1. The third-order valence-electron chi connectivity index (χ3n) is 1.33. The first kappa shape index (κ1) is 8.48. The third kappa shape index (κ3) is 2.50. The summed E-state index contributed by atoms with van der Waals surface area (Å²) < 4.78 is 4.99. The van der Waals surface area contributed by atoms with E-state index in [1.54, 1.807) is 7.11 Å². The van der Waals surface area contributed by atoms with Gasteiger partial charge in [0, 0.05) is 7.11 Å². The van der Waals surface area contributed by atoms with E-state index in [0.29, 0.717) is 0 Å². The SMILES string of the molecule is C#C[C@H](NC)[C@H](C)OC. The number of hydrogen-bond donors (Lipinski definition) is 1. The molecule has 0 radical (unpaired) electrons. The quantitative estimate of drug-likeness (QED) is 0.548. The summed E-state index contributed by atoms with van der Waals surface area (Å²) in [5.74, 6) is 2.57. The number of nitrogens with one attached hydrogen (secondary N) is 1. The first-order chi connectivity index (χ1) is 4.26. The van der Waals surface area contributed by atoms with E-state index in [0.717, 1.165) is 0 Å². The number of hydrogen-bond acceptors (Lipinski definition) is 2. The van der Waals surface area contributed by atoms with Gasteiger partial charge >= 0.3 is 0 Å². The van der Waals surface area contributed by atoms with E-state index in [-0.39, 0.29) is 12.1 Å². The lowest BCUT2D eigenvalue weighted by Crippen LogP contribution is -2.35. The second-order valence-electron chi connectivity index (χ2n) is 1.87. The molecule has 0 aliphatic heterocycles. The summed E-state index contributed by atoms with van der Waals surface area (Å²) in [4.78, 5) is 0. The zero-order valence-electron chi connectivity index (χ0n) is 6.14. The summed E-state index contributed by atoms with van der Waals surface area (Å²) in [7, 11) is 3.46. The van der Waals surface area contributed by atoms with Crippen molar-refractivity contribution in [1.82, 2.24) is 5.32 Å². The van der Waals surface area contributed by atoms with Crippen LogP contribution >= 0.6 is 0 Å². The Morgan fingerprint density at radius 3 is 2.33 bits per heavy atom. The van der Waals surface area contributed by atoms with Crippen LogP contribution in [0.15, 0.2) is 0 Å². The number of rotatable bonds is 3. The molecular weight excluding hydrogens is 114 g/mol. The largest absolute Gasteiger partial charge is 0.379 e. The molecule has 2 nitrogen and oxygen atoms in total. The molecule has 2 heteroatoms. The lowest BCUT2D eigenvalue weighted by Gasteiger charge is -2.15. The first-order valence-electron chi connectivity index (χ1n) is 2.92. The van der Waals surface area contributed by atoms with Gasteiger partial charge in [0.2, 0.25) is 0 Å². The van der Waals surface area contributed by atoms with Crippen LogP contribution in [-0.2, 0) is 4.74 Å². The van der Waals surface area contributed by atoms with Crippen molar-refractivity contribution >= 4 is 0 Å². The van der Waals surface area contributed by atoms with Crippen molar-refractivity contribution in [2.75, 3.05) is 14.2 Å². The van der Waals surface area contributed by atoms with Gasteiger partial charge in [-0.25, -0.2) is 0 Å².